The van der Waals surface area contributed by atoms with Gasteiger partial charge < -0.3 is 15.2 Å². The number of phenols is 1. The molecule has 7 nitrogen and oxygen atoms in total. The number of anilines is 1. The third kappa shape index (κ3) is 2.74. The largest absolute Gasteiger partial charge is 0.504 e. The first kappa shape index (κ1) is 17.0. The summed E-state index contributed by atoms with van der Waals surface area (Å²) in [6, 6.07) is 4.82. The van der Waals surface area contributed by atoms with Crippen molar-refractivity contribution in [1.82, 2.24) is 14.8 Å². The molecule has 136 valence electrons. The zero-order valence-electron chi connectivity index (χ0n) is 14.7. The highest BCUT2D eigenvalue weighted by molar-refractivity contribution is 7.98. The quantitative estimate of drug-likeness (QED) is 0.797. The number of carbonyl (C=O) groups excluding carboxylic acids is 1. The number of hydrogen-bond donors (Lipinski definition) is 2. The number of allylic oxidation sites excluding steroid dienone is 2. The van der Waals surface area contributed by atoms with Gasteiger partial charge in [0.05, 0.1) is 6.61 Å². The van der Waals surface area contributed by atoms with Crippen molar-refractivity contribution in [2.45, 2.75) is 37.4 Å². The van der Waals surface area contributed by atoms with Crippen molar-refractivity contribution in [2.75, 3.05) is 18.2 Å². The van der Waals surface area contributed by atoms with Gasteiger partial charge in [0.15, 0.2) is 17.3 Å². The number of aromatic hydroxyl groups is 1. The number of ether oxygens (including phenoxy) is 1. The number of benzene rings is 1. The minimum Gasteiger partial charge on any atom is -0.504 e. The molecule has 0 saturated carbocycles. The van der Waals surface area contributed by atoms with Gasteiger partial charge in [-0.05, 0) is 43.7 Å². The maximum Gasteiger partial charge on any atom is 0.227 e. The van der Waals surface area contributed by atoms with Crippen molar-refractivity contribution in [1.29, 1.82) is 0 Å². The highest BCUT2D eigenvalue weighted by Gasteiger charge is 2.37. The van der Waals surface area contributed by atoms with E-state index in [1.54, 1.807) is 16.8 Å². The highest BCUT2D eigenvalue weighted by atomic mass is 32.2. The third-order valence-corrected chi connectivity index (χ3v) is 5.17. The fourth-order valence-corrected chi connectivity index (χ4v) is 3.85. The molecule has 8 heteroatoms. The molecule has 2 aromatic rings. The van der Waals surface area contributed by atoms with Crippen LogP contribution in [0.1, 0.15) is 37.8 Å². The normalized spacial score (nSPS) is 19.0. The first-order valence-corrected chi connectivity index (χ1v) is 9.84. The first-order chi connectivity index (χ1) is 12.6. The van der Waals surface area contributed by atoms with Crippen molar-refractivity contribution in [3.63, 3.8) is 0 Å². The lowest BCUT2D eigenvalue weighted by Gasteiger charge is -2.32. The molecule has 2 heterocycles. The maximum absolute atomic E-state index is 12.7. The molecule has 1 aromatic carbocycles. The summed E-state index contributed by atoms with van der Waals surface area (Å²) in [5, 5.41) is 18.5. The lowest BCUT2D eigenvalue weighted by Crippen LogP contribution is -2.31. The highest BCUT2D eigenvalue weighted by Crippen LogP contribution is 2.42. The minimum absolute atomic E-state index is 0.0809. The summed E-state index contributed by atoms with van der Waals surface area (Å²) in [6.45, 7) is 2.31. The Labute approximate surface area is 155 Å². The van der Waals surface area contributed by atoms with Crippen molar-refractivity contribution >= 4 is 23.5 Å². The number of ketones is 1. The molecule has 1 aromatic heterocycles. The van der Waals surface area contributed by atoms with E-state index in [1.807, 2.05) is 19.2 Å². The van der Waals surface area contributed by atoms with E-state index in [1.165, 1.54) is 11.8 Å². The summed E-state index contributed by atoms with van der Waals surface area (Å²) in [7, 11) is 0. The van der Waals surface area contributed by atoms with Crippen LogP contribution in [-0.4, -0.2) is 38.5 Å². The molecule has 1 aliphatic heterocycles. The van der Waals surface area contributed by atoms with Crippen LogP contribution in [0, 0.1) is 0 Å². The smallest absolute Gasteiger partial charge is 0.227 e. The van der Waals surface area contributed by atoms with Gasteiger partial charge in [-0.3, -0.25) is 4.79 Å². The van der Waals surface area contributed by atoms with Gasteiger partial charge in [0.1, 0.15) is 6.04 Å². The molecule has 0 unspecified atom stereocenters. The molecule has 0 radical (unpaired) electrons. The number of rotatable bonds is 4. The zero-order chi connectivity index (χ0) is 18.3. The number of aromatic nitrogens is 3. The van der Waals surface area contributed by atoms with E-state index in [-0.39, 0.29) is 17.6 Å². The maximum atomic E-state index is 12.7. The van der Waals surface area contributed by atoms with Gasteiger partial charge in [-0.25, -0.2) is 4.68 Å². The van der Waals surface area contributed by atoms with Crippen molar-refractivity contribution in [3.8, 4) is 11.5 Å². The molecule has 4 rings (SSSR count). The van der Waals surface area contributed by atoms with Crippen LogP contribution < -0.4 is 10.1 Å². The molecule has 1 atom stereocenters. The Morgan fingerprint density at radius 3 is 3.04 bits per heavy atom. The number of nitrogens with zero attached hydrogens (tertiary/aromatic N) is 3. The molecular weight excluding hydrogens is 352 g/mol. The summed E-state index contributed by atoms with van der Waals surface area (Å²) < 4.78 is 7.29. The summed E-state index contributed by atoms with van der Waals surface area (Å²) in [5.41, 5.74) is 2.49. The molecular formula is C18H20N4O3S. The Morgan fingerprint density at radius 1 is 1.42 bits per heavy atom. The van der Waals surface area contributed by atoms with E-state index < -0.39 is 0 Å². The molecule has 0 amide bonds. The number of fused-ring (bicyclic) bond motifs is 1. The Kier molecular flexibility index (Phi) is 4.36. The van der Waals surface area contributed by atoms with Gasteiger partial charge >= 0.3 is 0 Å². The minimum atomic E-state index is -0.373. The van der Waals surface area contributed by atoms with Crippen LogP contribution >= 0.6 is 11.8 Å². The Balaban J connectivity index is 1.88. The van der Waals surface area contributed by atoms with E-state index in [0.717, 1.165) is 29.7 Å². The SMILES string of the molecule is CCOc1cc([C@@H]2C3=C(CCCC3=O)Nc3nc(SC)nn32)ccc1O. The fraction of sp³-hybridized carbons (Fsp3) is 0.389. The van der Waals surface area contributed by atoms with Crippen LogP contribution in [0.5, 0.6) is 11.5 Å². The van der Waals surface area contributed by atoms with E-state index >= 15 is 0 Å². The predicted molar refractivity (Wildman–Crippen MR) is 98.7 cm³/mol. The average molecular weight is 372 g/mol. The number of nitrogens with one attached hydrogen (secondary N) is 1. The number of thioether (sulfide) groups is 1. The number of carbonyl (C=O) groups is 1. The molecule has 1 aliphatic carbocycles. The lowest BCUT2D eigenvalue weighted by molar-refractivity contribution is -0.116. The standard InChI is InChI=1S/C18H20N4O3S/c1-3-25-14-9-10(7-8-12(14)23)16-15-11(5-4-6-13(15)24)19-17-20-18(26-2)21-22(16)17/h7-9,16,23H,3-6H2,1-2H3,(H,19,20,21)/t16-/m1/s1. The Bertz CT molecular complexity index is 906. The van der Waals surface area contributed by atoms with Gasteiger partial charge in [-0.2, -0.15) is 4.98 Å². The third-order valence-electron chi connectivity index (χ3n) is 4.63. The van der Waals surface area contributed by atoms with Crippen LogP contribution in [0.2, 0.25) is 0 Å². The van der Waals surface area contributed by atoms with Crippen LogP contribution in [0.3, 0.4) is 0 Å². The number of hydrogen-bond acceptors (Lipinski definition) is 7. The van der Waals surface area contributed by atoms with Crippen molar-refractivity contribution in [3.05, 3.63) is 35.0 Å². The zero-order valence-corrected chi connectivity index (χ0v) is 15.5. The molecule has 0 bridgehead atoms. The number of Topliss-reactive ketones (excluding diaryl/α,β-unsaturated/α-hetero) is 1. The van der Waals surface area contributed by atoms with Crippen molar-refractivity contribution < 1.29 is 14.6 Å². The summed E-state index contributed by atoms with van der Waals surface area (Å²) in [5.74, 6) is 1.25. The summed E-state index contributed by atoms with van der Waals surface area (Å²) in [4.78, 5) is 17.2. The second-order valence-electron chi connectivity index (χ2n) is 6.22. The van der Waals surface area contributed by atoms with Gasteiger partial charge in [0.2, 0.25) is 11.1 Å². The molecule has 2 N–H and O–H groups in total. The average Bonchev–Trinajstić information content (AvgIpc) is 3.05. The van der Waals surface area contributed by atoms with Crippen LogP contribution in [0.25, 0.3) is 0 Å². The van der Waals surface area contributed by atoms with E-state index in [9.17, 15) is 9.90 Å². The van der Waals surface area contributed by atoms with E-state index in [2.05, 4.69) is 15.4 Å². The Morgan fingerprint density at radius 2 is 2.27 bits per heavy atom. The van der Waals surface area contributed by atoms with E-state index in [4.69, 9.17) is 4.74 Å². The second-order valence-corrected chi connectivity index (χ2v) is 7.00. The Hall–Kier alpha value is -2.48. The van der Waals surface area contributed by atoms with Crippen molar-refractivity contribution in [2.24, 2.45) is 0 Å². The molecule has 0 fully saturated rings. The van der Waals surface area contributed by atoms with E-state index in [0.29, 0.717) is 29.9 Å². The fourth-order valence-electron chi connectivity index (χ4n) is 3.50. The molecule has 0 spiro atoms. The molecule has 0 saturated heterocycles. The van der Waals surface area contributed by atoms with Crippen LogP contribution in [0.15, 0.2) is 34.6 Å². The van der Waals surface area contributed by atoms with Gasteiger partial charge in [0, 0.05) is 17.7 Å². The summed E-state index contributed by atoms with van der Waals surface area (Å²) in [6.07, 6.45) is 4.10. The monoisotopic (exact) mass is 372 g/mol. The van der Waals surface area contributed by atoms with Crippen LogP contribution in [0.4, 0.5) is 5.95 Å². The molecule has 26 heavy (non-hydrogen) atoms. The lowest BCUT2D eigenvalue weighted by atomic mass is 9.85. The van der Waals surface area contributed by atoms with Gasteiger partial charge in [0.25, 0.3) is 0 Å². The van der Waals surface area contributed by atoms with Gasteiger partial charge in [-0.1, -0.05) is 17.8 Å². The summed E-state index contributed by atoms with van der Waals surface area (Å²) >= 11 is 1.46. The topological polar surface area (TPSA) is 89.3 Å². The van der Waals surface area contributed by atoms with Crippen LogP contribution in [-0.2, 0) is 4.79 Å². The number of phenolic OH excluding ortho intramolecular Hbond substituents is 1. The second kappa shape index (κ2) is 6.68. The predicted octanol–water partition coefficient (Wildman–Crippen LogP) is 3.13. The first-order valence-electron chi connectivity index (χ1n) is 8.62. The van der Waals surface area contributed by atoms with Gasteiger partial charge in [-0.15, -0.1) is 5.10 Å². The molecule has 2 aliphatic rings.